The molecule has 0 bridgehead atoms. The molecule has 0 fully saturated rings. The molecule has 1 aliphatic heterocycles. The summed E-state index contributed by atoms with van der Waals surface area (Å²) in [7, 11) is 0. The summed E-state index contributed by atoms with van der Waals surface area (Å²) in [5.74, 6) is 0. The summed E-state index contributed by atoms with van der Waals surface area (Å²) in [4.78, 5) is 25.5. The third kappa shape index (κ3) is 1.89. The molecule has 6 nitrogen and oxygen atoms in total. The van der Waals surface area contributed by atoms with Gasteiger partial charge in [-0.3, -0.25) is 9.59 Å². The van der Waals surface area contributed by atoms with E-state index in [2.05, 4.69) is 0 Å². The average Bonchev–Trinajstić information content (AvgIpc) is 2.54. The summed E-state index contributed by atoms with van der Waals surface area (Å²) in [6.07, 6.45) is -1.25. The van der Waals surface area contributed by atoms with Crippen molar-refractivity contribution in [2.75, 3.05) is 0 Å². The molecule has 118 valence electrons. The van der Waals surface area contributed by atoms with Gasteiger partial charge in [0.25, 0.3) is 11.1 Å². The molecule has 6 heteroatoms. The minimum absolute atomic E-state index is 0.181. The van der Waals surface area contributed by atoms with Crippen LogP contribution < -0.4 is 11.1 Å². The Morgan fingerprint density at radius 2 is 1.65 bits per heavy atom. The number of hydrogen-bond acceptors (Lipinski definition) is 4. The van der Waals surface area contributed by atoms with Crippen LogP contribution in [0.4, 0.5) is 0 Å². The zero-order chi connectivity index (χ0) is 16.4. The van der Waals surface area contributed by atoms with Crippen LogP contribution in [0.1, 0.15) is 19.6 Å². The molecule has 0 saturated carbocycles. The average molecular weight is 312 g/mol. The molecule has 23 heavy (non-hydrogen) atoms. The Morgan fingerprint density at radius 3 is 2.26 bits per heavy atom. The number of nitrogens with zero attached hydrogens (tertiary/aromatic N) is 2. The van der Waals surface area contributed by atoms with E-state index in [1.54, 1.807) is 12.1 Å². The van der Waals surface area contributed by atoms with E-state index < -0.39 is 17.4 Å². The van der Waals surface area contributed by atoms with Crippen LogP contribution in [0.3, 0.4) is 0 Å². The Kier molecular flexibility index (Phi) is 2.79. The molecule has 1 aliphatic rings. The second kappa shape index (κ2) is 4.53. The van der Waals surface area contributed by atoms with Crippen molar-refractivity contribution in [2.45, 2.75) is 31.7 Å². The highest BCUT2D eigenvalue weighted by molar-refractivity contribution is 5.97. The standard InChI is InChI=1S/C17H16N2O4/c1-17(23)6-7-18-14(20)12-8-10-4-2-3-5-11(10)9-13(12)15(21)19(18)16(17)22/h2-5,8-9,16,22-23H,6-7H2,1H3. The van der Waals surface area contributed by atoms with Gasteiger partial charge in [-0.05, 0) is 36.2 Å². The molecule has 2 unspecified atom stereocenters. The molecule has 2 heterocycles. The molecule has 0 saturated heterocycles. The molecule has 1 aromatic heterocycles. The zero-order valence-corrected chi connectivity index (χ0v) is 12.6. The highest BCUT2D eigenvalue weighted by Gasteiger charge is 2.38. The van der Waals surface area contributed by atoms with E-state index in [1.807, 2.05) is 24.3 Å². The van der Waals surface area contributed by atoms with Gasteiger partial charge >= 0.3 is 0 Å². The Balaban J connectivity index is 2.18. The van der Waals surface area contributed by atoms with Gasteiger partial charge in [-0.2, -0.15) is 0 Å². The Labute approximate surface area is 130 Å². The van der Waals surface area contributed by atoms with Crippen LogP contribution in [0.5, 0.6) is 0 Å². The maximum atomic E-state index is 12.8. The number of aliphatic hydroxyl groups is 2. The molecule has 4 rings (SSSR count). The largest absolute Gasteiger partial charge is 0.385 e. The Bertz CT molecular complexity index is 1060. The van der Waals surface area contributed by atoms with Crippen molar-refractivity contribution < 1.29 is 10.2 Å². The molecule has 0 spiro atoms. The Morgan fingerprint density at radius 1 is 1.09 bits per heavy atom. The zero-order valence-electron chi connectivity index (χ0n) is 12.6. The first-order valence-electron chi connectivity index (χ1n) is 7.49. The van der Waals surface area contributed by atoms with Gasteiger partial charge in [0.05, 0.1) is 10.8 Å². The van der Waals surface area contributed by atoms with Crippen LogP contribution in [0, 0.1) is 0 Å². The highest BCUT2D eigenvalue weighted by Crippen LogP contribution is 2.27. The number of aromatic nitrogens is 2. The summed E-state index contributed by atoms with van der Waals surface area (Å²) < 4.78 is 2.20. The van der Waals surface area contributed by atoms with E-state index in [9.17, 15) is 19.8 Å². The molecule has 2 aromatic carbocycles. The van der Waals surface area contributed by atoms with Crippen LogP contribution in [-0.2, 0) is 6.54 Å². The van der Waals surface area contributed by atoms with E-state index in [1.165, 1.54) is 11.6 Å². The number of benzene rings is 2. The molecule has 0 amide bonds. The Hall–Kier alpha value is -2.44. The maximum Gasteiger partial charge on any atom is 0.275 e. The lowest BCUT2D eigenvalue weighted by molar-refractivity contribution is -0.140. The predicted octanol–water partition coefficient (Wildman–Crippen LogP) is 0.962. The lowest BCUT2D eigenvalue weighted by Gasteiger charge is -2.37. The van der Waals surface area contributed by atoms with Gasteiger partial charge in [-0.1, -0.05) is 24.3 Å². The normalized spacial score (nSPS) is 24.0. The number of hydrogen-bond donors (Lipinski definition) is 2. The lowest BCUT2D eigenvalue weighted by Crippen LogP contribution is -2.53. The summed E-state index contributed by atoms with van der Waals surface area (Å²) in [5, 5.41) is 22.9. The van der Waals surface area contributed by atoms with Gasteiger partial charge in [0.15, 0.2) is 6.23 Å². The topological polar surface area (TPSA) is 84.5 Å². The summed E-state index contributed by atoms with van der Waals surface area (Å²) >= 11 is 0. The maximum absolute atomic E-state index is 12.8. The van der Waals surface area contributed by atoms with Crippen LogP contribution in [0.2, 0.25) is 0 Å². The van der Waals surface area contributed by atoms with Gasteiger partial charge in [0.1, 0.15) is 5.60 Å². The fourth-order valence-electron chi connectivity index (χ4n) is 3.24. The third-order valence-corrected chi connectivity index (χ3v) is 4.67. The second-order valence-corrected chi connectivity index (χ2v) is 6.30. The SMILES string of the molecule is CC1(O)CCn2c(=O)c3cc4ccccc4cc3c(=O)n2C1O. The van der Waals surface area contributed by atoms with E-state index in [0.717, 1.165) is 15.5 Å². The van der Waals surface area contributed by atoms with Crippen molar-refractivity contribution in [1.29, 1.82) is 0 Å². The van der Waals surface area contributed by atoms with Gasteiger partial charge in [0, 0.05) is 6.54 Å². The van der Waals surface area contributed by atoms with E-state index >= 15 is 0 Å². The highest BCUT2D eigenvalue weighted by atomic mass is 16.4. The molecular weight excluding hydrogens is 296 g/mol. The molecule has 0 aliphatic carbocycles. The number of rotatable bonds is 0. The quantitative estimate of drug-likeness (QED) is 0.606. The molecule has 2 atom stereocenters. The van der Waals surface area contributed by atoms with Gasteiger partial charge in [0.2, 0.25) is 0 Å². The van der Waals surface area contributed by atoms with Crippen LogP contribution in [0.15, 0.2) is 46.0 Å². The molecule has 2 N–H and O–H groups in total. The van der Waals surface area contributed by atoms with Crippen molar-refractivity contribution in [3.8, 4) is 0 Å². The first-order chi connectivity index (χ1) is 10.9. The lowest BCUT2D eigenvalue weighted by atomic mass is 9.98. The number of fused-ring (bicyclic) bond motifs is 3. The van der Waals surface area contributed by atoms with Crippen molar-refractivity contribution in [3.63, 3.8) is 0 Å². The van der Waals surface area contributed by atoms with Crippen LogP contribution in [-0.4, -0.2) is 25.2 Å². The number of aliphatic hydroxyl groups excluding tert-OH is 1. The third-order valence-electron chi connectivity index (χ3n) is 4.67. The summed E-state index contributed by atoms with van der Waals surface area (Å²) in [6.45, 7) is 1.64. The minimum Gasteiger partial charge on any atom is -0.385 e. The molecular formula is C17H16N2O4. The first kappa shape index (κ1) is 14.2. The second-order valence-electron chi connectivity index (χ2n) is 6.30. The monoisotopic (exact) mass is 312 g/mol. The first-order valence-corrected chi connectivity index (χ1v) is 7.49. The van der Waals surface area contributed by atoms with Gasteiger partial charge in [-0.15, -0.1) is 0 Å². The van der Waals surface area contributed by atoms with E-state index in [-0.39, 0.29) is 23.9 Å². The van der Waals surface area contributed by atoms with Crippen molar-refractivity contribution in [1.82, 2.24) is 9.36 Å². The van der Waals surface area contributed by atoms with E-state index in [0.29, 0.717) is 5.39 Å². The van der Waals surface area contributed by atoms with E-state index in [4.69, 9.17) is 0 Å². The van der Waals surface area contributed by atoms with Crippen LogP contribution >= 0.6 is 0 Å². The van der Waals surface area contributed by atoms with Gasteiger partial charge < -0.3 is 10.2 Å². The molecule has 3 aromatic rings. The van der Waals surface area contributed by atoms with Crippen molar-refractivity contribution in [3.05, 3.63) is 57.1 Å². The fraction of sp³-hybridized carbons (Fsp3) is 0.294. The minimum atomic E-state index is -1.45. The molecule has 0 radical (unpaired) electrons. The van der Waals surface area contributed by atoms with Crippen LogP contribution in [0.25, 0.3) is 21.5 Å². The predicted molar refractivity (Wildman–Crippen MR) is 86.5 cm³/mol. The fourth-order valence-corrected chi connectivity index (χ4v) is 3.24. The van der Waals surface area contributed by atoms with Gasteiger partial charge in [-0.25, -0.2) is 9.36 Å². The van der Waals surface area contributed by atoms with Crippen molar-refractivity contribution >= 4 is 21.5 Å². The summed E-state index contributed by atoms with van der Waals surface area (Å²) in [6, 6.07) is 10.9. The smallest absolute Gasteiger partial charge is 0.275 e. The summed E-state index contributed by atoms with van der Waals surface area (Å²) in [5.41, 5.74) is -2.25. The van der Waals surface area contributed by atoms with Crippen molar-refractivity contribution in [2.24, 2.45) is 0 Å².